The zero-order valence-corrected chi connectivity index (χ0v) is 13.3. The van der Waals surface area contributed by atoms with E-state index in [9.17, 15) is 4.79 Å². The lowest BCUT2D eigenvalue weighted by atomic mass is 10.0. The lowest BCUT2D eigenvalue weighted by Crippen LogP contribution is -2.40. The first-order valence-corrected chi connectivity index (χ1v) is 8.72. The maximum absolute atomic E-state index is 12.4. The van der Waals surface area contributed by atoms with Gasteiger partial charge in [0.05, 0.1) is 0 Å². The molecule has 1 aliphatic heterocycles. The van der Waals surface area contributed by atoms with Crippen molar-refractivity contribution in [3.8, 4) is 0 Å². The van der Waals surface area contributed by atoms with Crippen LogP contribution in [-0.2, 0) is 0 Å². The monoisotopic (exact) mass is 303 g/mol. The number of rotatable bonds is 4. The molecule has 1 saturated heterocycles. The lowest BCUT2D eigenvalue weighted by Gasteiger charge is -2.16. The van der Waals surface area contributed by atoms with Gasteiger partial charge in [0, 0.05) is 37.2 Å². The second kappa shape index (κ2) is 5.69. The predicted octanol–water partition coefficient (Wildman–Crippen LogP) is 2.54. The van der Waals surface area contributed by atoms with Crippen molar-refractivity contribution in [3.05, 3.63) is 17.5 Å². The van der Waals surface area contributed by atoms with Crippen LogP contribution in [0, 0.1) is 5.92 Å². The highest BCUT2D eigenvalue weighted by molar-refractivity contribution is 5.92. The van der Waals surface area contributed by atoms with Gasteiger partial charge in [-0.2, -0.15) is 0 Å². The third-order valence-electron chi connectivity index (χ3n) is 5.54. The number of nitrogens with zero attached hydrogens (tertiary/aromatic N) is 2. The summed E-state index contributed by atoms with van der Waals surface area (Å²) in [5, 5.41) is 7.15. The second-order valence-electron chi connectivity index (χ2n) is 7.34. The fraction of sp³-hybridized carbons (Fsp3) is 0.765. The zero-order chi connectivity index (χ0) is 15.1. The van der Waals surface area contributed by atoms with Crippen molar-refractivity contribution in [2.45, 2.75) is 63.5 Å². The second-order valence-corrected chi connectivity index (χ2v) is 7.34. The number of hydrogen-bond donors (Lipinski definition) is 1. The quantitative estimate of drug-likeness (QED) is 0.928. The predicted molar refractivity (Wildman–Crippen MR) is 82.7 cm³/mol. The first kappa shape index (κ1) is 14.2. The molecule has 1 aromatic heterocycles. The normalized spacial score (nSPS) is 30.0. The van der Waals surface area contributed by atoms with Crippen LogP contribution in [-0.4, -0.2) is 41.1 Å². The molecule has 1 N–H and O–H groups in total. The Balaban J connectivity index is 1.37. The Hall–Kier alpha value is -1.36. The smallest absolute Gasteiger partial charge is 0.273 e. The van der Waals surface area contributed by atoms with Gasteiger partial charge in [0.2, 0.25) is 0 Å². The van der Waals surface area contributed by atoms with E-state index >= 15 is 0 Å². The minimum Gasteiger partial charge on any atom is -0.360 e. The molecule has 2 saturated carbocycles. The largest absolute Gasteiger partial charge is 0.360 e. The van der Waals surface area contributed by atoms with Gasteiger partial charge in [0.1, 0.15) is 5.76 Å². The van der Waals surface area contributed by atoms with Gasteiger partial charge in [-0.25, -0.2) is 0 Å². The minimum absolute atomic E-state index is 0.0810. The third-order valence-corrected chi connectivity index (χ3v) is 5.54. The average molecular weight is 303 g/mol. The van der Waals surface area contributed by atoms with E-state index < -0.39 is 0 Å². The number of hydrogen-bond acceptors (Lipinski definition) is 4. The highest BCUT2D eigenvalue weighted by Gasteiger charge is 2.39. The molecule has 0 aromatic carbocycles. The fourth-order valence-corrected chi connectivity index (χ4v) is 3.97. The molecule has 4 rings (SSSR count). The van der Waals surface area contributed by atoms with Crippen LogP contribution in [0.3, 0.4) is 0 Å². The minimum atomic E-state index is -0.0810. The molecule has 2 heterocycles. The molecule has 2 atom stereocenters. The molecule has 1 aromatic rings. The number of likely N-dealkylation sites (tertiary alicyclic amines) is 1. The van der Waals surface area contributed by atoms with Gasteiger partial charge in [-0.1, -0.05) is 24.9 Å². The standard InChI is InChI=1S/C17H25N3O2/c1-11-9-20(13-6-7-13)10-15(11)18-17(21)14-8-16(22-19-14)12-4-2-3-5-12/h8,11-13,15H,2-7,9-10H2,1H3,(H,18,21)/t11-,15-/m0/s1. The topological polar surface area (TPSA) is 58.4 Å². The molecule has 120 valence electrons. The Morgan fingerprint density at radius 3 is 2.77 bits per heavy atom. The summed E-state index contributed by atoms with van der Waals surface area (Å²) in [7, 11) is 0. The van der Waals surface area contributed by atoms with Gasteiger partial charge in [0.15, 0.2) is 5.69 Å². The Kier molecular flexibility index (Phi) is 3.68. The first-order valence-electron chi connectivity index (χ1n) is 8.72. The Morgan fingerprint density at radius 2 is 2.05 bits per heavy atom. The Bertz CT molecular complexity index is 546. The summed E-state index contributed by atoms with van der Waals surface area (Å²) in [4.78, 5) is 14.9. The van der Waals surface area contributed by atoms with Crippen molar-refractivity contribution in [2.75, 3.05) is 13.1 Å². The Labute approximate surface area is 131 Å². The first-order chi connectivity index (χ1) is 10.7. The molecular formula is C17H25N3O2. The van der Waals surface area contributed by atoms with Gasteiger partial charge < -0.3 is 9.84 Å². The highest BCUT2D eigenvalue weighted by Crippen LogP contribution is 2.34. The molecular weight excluding hydrogens is 278 g/mol. The van der Waals surface area contributed by atoms with E-state index in [1.807, 2.05) is 6.07 Å². The SMILES string of the molecule is C[C@H]1CN(C2CC2)C[C@@H]1NC(=O)c1cc(C2CCCC2)on1. The van der Waals surface area contributed by atoms with Crippen molar-refractivity contribution in [3.63, 3.8) is 0 Å². The van der Waals surface area contributed by atoms with E-state index in [0.29, 0.717) is 17.5 Å². The van der Waals surface area contributed by atoms with Crippen molar-refractivity contribution < 1.29 is 9.32 Å². The number of carbonyl (C=O) groups is 1. The zero-order valence-electron chi connectivity index (χ0n) is 13.3. The third kappa shape index (κ3) is 2.78. The van der Waals surface area contributed by atoms with E-state index in [1.54, 1.807) is 0 Å². The molecule has 1 amide bonds. The van der Waals surface area contributed by atoms with Crippen LogP contribution in [0.15, 0.2) is 10.6 Å². The number of amides is 1. The van der Waals surface area contributed by atoms with E-state index in [-0.39, 0.29) is 11.9 Å². The fourth-order valence-electron chi connectivity index (χ4n) is 3.97. The van der Waals surface area contributed by atoms with E-state index in [0.717, 1.165) is 37.7 Å². The summed E-state index contributed by atoms with van der Waals surface area (Å²) in [5.41, 5.74) is 0.443. The molecule has 0 spiro atoms. The van der Waals surface area contributed by atoms with Crippen molar-refractivity contribution in [2.24, 2.45) is 5.92 Å². The van der Waals surface area contributed by atoms with Gasteiger partial charge in [-0.15, -0.1) is 0 Å². The maximum Gasteiger partial charge on any atom is 0.273 e. The van der Waals surface area contributed by atoms with E-state index in [1.165, 1.54) is 25.7 Å². The molecule has 3 fully saturated rings. The van der Waals surface area contributed by atoms with Crippen LogP contribution in [0.1, 0.15) is 67.6 Å². The summed E-state index contributed by atoms with van der Waals surface area (Å²) < 4.78 is 5.41. The van der Waals surface area contributed by atoms with Crippen LogP contribution < -0.4 is 5.32 Å². The van der Waals surface area contributed by atoms with Crippen LogP contribution in [0.4, 0.5) is 0 Å². The van der Waals surface area contributed by atoms with Gasteiger partial charge in [-0.05, 0) is 31.6 Å². The van der Waals surface area contributed by atoms with Crippen LogP contribution >= 0.6 is 0 Å². The van der Waals surface area contributed by atoms with Gasteiger partial charge in [0.25, 0.3) is 5.91 Å². The number of nitrogens with one attached hydrogen (secondary N) is 1. The molecule has 0 unspecified atom stereocenters. The Morgan fingerprint density at radius 1 is 1.27 bits per heavy atom. The van der Waals surface area contributed by atoms with Crippen LogP contribution in [0.25, 0.3) is 0 Å². The molecule has 2 aliphatic carbocycles. The number of aromatic nitrogens is 1. The van der Waals surface area contributed by atoms with Crippen molar-refractivity contribution in [1.82, 2.24) is 15.4 Å². The summed E-state index contributed by atoms with van der Waals surface area (Å²) in [6.07, 6.45) is 7.47. The highest BCUT2D eigenvalue weighted by atomic mass is 16.5. The van der Waals surface area contributed by atoms with Gasteiger partial charge in [-0.3, -0.25) is 9.69 Å². The summed E-state index contributed by atoms with van der Waals surface area (Å²) in [6.45, 7) is 4.30. The van der Waals surface area contributed by atoms with Crippen molar-refractivity contribution >= 4 is 5.91 Å². The van der Waals surface area contributed by atoms with Crippen molar-refractivity contribution in [1.29, 1.82) is 0 Å². The number of carbonyl (C=O) groups excluding carboxylic acids is 1. The molecule has 5 heteroatoms. The lowest BCUT2D eigenvalue weighted by molar-refractivity contribution is 0.0922. The molecule has 0 bridgehead atoms. The summed E-state index contributed by atoms with van der Waals surface area (Å²) in [6, 6.07) is 2.86. The molecule has 0 radical (unpaired) electrons. The van der Waals surface area contributed by atoms with E-state index in [4.69, 9.17) is 4.52 Å². The molecule has 5 nitrogen and oxygen atoms in total. The average Bonchev–Trinajstić information content (AvgIpc) is 2.94. The van der Waals surface area contributed by atoms with Gasteiger partial charge >= 0.3 is 0 Å². The summed E-state index contributed by atoms with van der Waals surface area (Å²) >= 11 is 0. The van der Waals surface area contributed by atoms with Crippen LogP contribution in [0.2, 0.25) is 0 Å². The summed E-state index contributed by atoms with van der Waals surface area (Å²) in [5.74, 6) is 1.78. The molecule has 22 heavy (non-hydrogen) atoms. The van der Waals surface area contributed by atoms with Crippen LogP contribution in [0.5, 0.6) is 0 Å². The maximum atomic E-state index is 12.4. The van der Waals surface area contributed by atoms with E-state index in [2.05, 4.69) is 22.3 Å². The molecule has 3 aliphatic rings.